The van der Waals surface area contributed by atoms with Crippen molar-refractivity contribution < 1.29 is 9.90 Å². The molecule has 0 radical (unpaired) electrons. The summed E-state index contributed by atoms with van der Waals surface area (Å²) in [6.45, 7) is 5.97. The molecule has 0 fully saturated rings. The van der Waals surface area contributed by atoms with Crippen molar-refractivity contribution in [1.29, 1.82) is 0 Å². The Labute approximate surface area is 134 Å². The number of anilines is 1. The summed E-state index contributed by atoms with van der Waals surface area (Å²) in [6, 6.07) is 9.44. The van der Waals surface area contributed by atoms with E-state index in [4.69, 9.17) is 0 Å². The van der Waals surface area contributed by atoms with Gasteiger partial charge in [-0.15, -0.1) is 11.3 Å². The maximum atomic E-state index is 12.5. The lowest BCUT2D eigenvalue weighted by Crippen LogP contribution is -2.43. The highest BCUT2D eigenvalue weighted by atomic mass is 32.1. The number of urea groups is 1. The average Bonchev–Trinajstić information content (AvgIpc) is 2.83. The molecule has 1 heterocycles. The number of carbonyl (C=O) groups is 1. The fourth-order valence-electron chi connectivity index (χ4n) is 2.05. The van der Waals surface area contributed by atoms with Crippen LogP contribution in [0, 0.1) is 6.92 Å². The zero-order valence-electron chi connectivity index (χ0n) is 13.0. The fourth-order valence-corrected chi connectivity index (χ4v) is 2.71. The van der Waals surface area contributed by atoms with Gasteiger partial charge in [0.05, 0.1) is 12.1 Å². The van der Waals surface area contributed by atoms with Crippen LogP contribution < -0.4 is 5.32 Å². The molecule has 0 unspecified atom stereocenters. The summed E-state index contributed by atoms with van der Waals surface area (Å²) in [6.07, 6.45) is 1.72. The molecule has 1 aromatic carbocycles. The summed E-state index contributed by atoms with van der Waals surface area (Å²) in [4.78, 5) is 19.2. The second-order valence-electron chi connectivity index (χ2n) is 5.86. The first-order valence-corrected chi connectivity index (χ1v) is 7.90. The second kappa shape index (κ2) is 6.89. The number of rotatable bonds is 5. The highest BCUT2D eigenvalue weighted by Gasteiger charge is 2.23. The molecule has 5 nitrogen and oxygen atoms in total. The number of nitrogens with zero attached hydrogens (tertiary/aromatic N) is 2. The maximum absolute atomic E-state index is 12.5. The van der Waals surface area contributed by atoms with Gasteiger partial charge in [0.2, 0.25) is 0 Å². The largest absolute Gasteiger partial charge is 0.389 e. The van der Waals surface area contributed by atoms with E-state index in [-0.39, 0.29) is 12.6 Å². The molecule has 0 atom stereocenters. The number of benzene rings is 1. The van der Waals surface area contributed by atoms with Gasteiger partial charge in [0.1, 0.15) is 0 Å². The first-order chi connectivity index (χ1) is 10.3. The third kappa shape index (κ3) is 5.13. The SMILES string of the molecule is Cc1cnc(NC(=O)N(Cc2ccccc2)CC(C)(C)O)s1. The van der Waals surface area contributed by atoms with Crippen LogP contribution in [0.5, 0.6) is 0 Å². The summed E-state index contributed by atoms with van der Waals surface area (Å²) in [5.74, 6) is 0. The number of hydrogen-bond donors (Lipinski definition) is 2. The van der Waals surface area contributed by atoms with E-state index in [1.807, 2.05) is 37.3 Å². The summed E-state index contributed by atoms with van der Waals surface area (Å²) in [5.41, 5.74) is 0.0440. The van der Waals surface area contributed by atoms with Gasteiger partial charge >= 0.3 is 6.03 Å². The van der Waals surface area contributed by atoms with Crippen LogP contribution in [0.25, 0.3) is 0 Å². The van der Waals surface area contributed by atoms with Crippen molar-refractivity contribution >= 4 is 22.5 Å². The number of aliphatic hydroxyl groups is 1. The zero-order chi connectivity index (χ0) is 16.2. The van der Waals surface area contributed by atoms with Crippen molar-refractivity contribution in [2.45, 2.75) is 32.9 Å². The van der Waals surface area contributed by atoms with E-state index in [1.54, 1.807) is 24.9 Å². The molecule has 0 aliphatic rings. The highest BCUT2D eigenvalue weighted by Crippen LogP contribution is 2.18. The first-order valence-electron chi connectivity index (χ1n) is 7.08. The Morgan fingerprint density at radius 2 is 2.05 bits per heavy atom. The van der Waals surface area contributed by atoms with E-state index in [2.05, 4.69) is 10.3 Å². The van der Waals surface area contributed by atoms with Crippen LogP contribution in [-0.2, 0) is 6.54 Å². The molecule has 0 bridgehead atoms. The minimum Gasteiger partial charge on any atom is -0.389 e. The minimum absolute atomic E-state index is 0.234. The predicted molar refractivity (Wildman–Crippen MR) is 89.0 cm³/mol. The molecule has 0 spiro atoms. The van der Waals surface area contributed by atoms with Crippen molar-refractivity contribution in [2.24, 2.45) is 0 Å². The van der Waals surface area contributed by atoms with Crippen molar-refractivity contribution in [3.63, 3.8) is 0 Å². The fraction of sp³-hybridized carbons (Fsp3) is 0.375. The van der Waals surface area contributed by atoms with Gasteiger partial charge in [0, 0.05) is 17.6 Å². The van der Waals surface area contributed by atoms with Crippen LogP contribution in [-0.4, -0.2) is 33.2 Å². The summed E-state index contributed by atoms with van der Waals surface area (Å²) in [7, 11) is 0. The molecule has 0 aliphatic heterocycles. The van der Waals surface area contributed by atoms with Crippen molar-refractivity contribution in [1.82, 2.24) is 9.88 Å². The standard InChI is InChI=1S/C16H21N3O2S/c1-12-9-17-14(22-12)18-15(20)19(11-16(2,3)21)10-13-7-5-4-6-8-13/h4-9,21H,10-11H2,1-3H3,(H,17,18,20). The number of carbonyl (C=O) groups excluding carboxylic acids is 1. The number of nitrogens with one attached hydrogen (secondary N) is 1. The molecule has 2 N–H and O–H groups in total. The van der Waals surface area contributed by atoms with Gasteiger partial charge in [0.25, 0.3) is 0 Å². The molecule has 6 heteroatoms. The zero-order valence-corrected chi connectivity index (χ0v) is 13.9. The van der Waals surface area contributed by atoms with Gasteiger partial charge in [-0.25, -0.2) is 9.78 Å². The summed E-state index contributed by atoms with van der Waals surface area (Å²) in [5, 5.41) is 13.4. The van der Waals surface area contributed by atoms with Gasteiger partial charge in [-0.3, -0.25) is 5.32 Å². The van der Waals surface area contributed by atoms with Gasteiger partial charge in [-0.2, -0.15) is 0 Å². The summed E-state index contributed by atoms with van der Waals surface area (Å²) >= 11 is 1.43. The average molecular weight is 319 g/mol. The quantitative estimate of drug-likeness (QED) is 0.889. The maximum Gasteiger partial charge on any atom is 0.324 e. The lowest BCUT2D eigenvalue weighted by Gasteiger charge is -2.29. The molecule has 2 rings (SSSR count). The predicted octanol–water partition coefficient (Wildman–Crippen LogP) is 3.26. The van der Waals surface area contributed by atoms with E-state index in [9.17, 15) is 9.90 Å². The Balaban J connectivity index is 2.10. The Morgan fingerprint density at radius 3 is 2.59 bits per heavy atom. The van der Waals surface area contributed by atoms with E-state index >= 15 is 0 Å². The van der Waals surface area contributed by atoms with Crippen LogP contribution in [0.4, 0.5) is 9.93 Å². The molecule has 0 saturated heterocycles. The summed E-state index contributed by atoms with van der Waals surface area (Å²) < 4.78 is 0. The molecule has 0 aliphatic carbocycles. The first kappa shape index (κ1) is 16.5. The highest BCUT2D eigenvalue weighted by molar-refractivity contribution is 7.15. The molecule has 2 aromatic rings. The van der Waals surface area contributed by atoms with Crippen LogP contribution in [0.2, 0.25) is 0 Å². The van der Waals surface area contributed by atoms with E-state index in [0.29, 0.717) is 11.7 Å². The van der Waals surface area contributed by atoms with Gasteiger partial charge < -0.3 is 10.0 Å². The lowest BCUT2D eigenvalue weighted by atomic mass is 10.1. The third-order valence-electron chi connectivity index (χ3n) is 2.92. The van der Waals surface area contributed by atoms with Gasteiger partial charge in [-0.1, -0.05) is 30.3 Å². The topological polar surface area (TPSA) is 65.5 Å². The van der Waals surface area contributed by atoms with Crippen molar-refractivity contribution in [3.05, 3.63) is 47.0 Å². The molecular weight excluding hydrogens is 298 g/mol. The van der Waals surface area contributed by atoms with Crippen LogP contribution in [0.15, 0.2) is 36.5 Å². The molecule has 22 heavy (non-hydrogen) atoms. The second-order valence-corrected chi connectivity index (χ2v) is 7.10. The molecular formula is C16H21N3O2S. The number of hydrogen-bond acceptors (Lipinski definition) is 4. The number of thiazole rings is 1. The van der Waals surface area contributed by atoms with E-state index < -0.39 is 5.60 Å². The Bertz CT molecular complexity index is 620. The minimum atomic E-state index is -0.967. The Kier molecular flexibility index (Phi) is 5.15. The monoisotopic (exact) mass is 319 g/mol. The van der Waals surface area contributed by atoms with Crippen molar-refractivity contribution in [2.75, 3.05) is 11.9 Å². The molecule has 1 aromatic heterocycles. The molecule has 118 valence electrons. The number of aryl methyl sites for hydroxylation is 1. The Hall–Kier alpha value is -1.92. The normalized spacial score (nSPS) is 11.3. The smallest absolute Gasteiger partial charge is 0.324 e. The third-order valence-corrected chi connectivity index (χ3v) is 3.74. The lowest BCUT2D eigenvalue weighted by molar-refractivity contribution is 0.0469. The van der Waals surface area contributed by atoms with Crippen LogP contribution in [0.3, 0.4) is 0 Å². The van der Waals surface area contributed by atoms with E-state index in [1.165, 1.54) is 11.3 Å². The van der Waals surface area contributed by atoms with Crippen molar-refractivity contribution in [3.8, 4) is 0 Å². The number of aromatic nitrogens is 1. The van der Waals surface area contributed by atoms with Crippen LogP contribution in [0.1, 0.15) is 24.3 Å². The van der Waals surface area contributed by atoms with Gasteiger partial charge in [0.15, 0.2) is 5.13 Å². The van der Waals surface area contributed by atoms with E-state index in [0.717, 1.165) is 10.4 Å². The van der Waals surface area contributed by atoms with Crippen LogP contribution >= 0.6 is 11.3 Å². The molecule has 0 saturated carbocycles. The van der Waals surface area contributed by atoms with Gasteiger partial charge in [-0.05, 0) is 26.3 Å². The number of amides is 2. The molecule has 2 amide bonds. The Morgan fingerprint density at radius 1 is 1.36 bits per heavy atom.